The Labute approximate surface area is 200 Å². The summed E-state index contributed by atoms with van der Waals surface area (Å²) in [5.41, 5.74) is 1.14. The Morgan fingerprint density at radius 2 is 2.18 bits per heavy atom. The lowest BCUT2D eigenvalue weighted by molar-refractivity contribution is 0.0898. The number of H-pyrrole nitrogens is 1. The van der Waals surface area contributed by atoms with Gasteiger partial charge in [0.25, 0.3) is 11.5 Å². The zero-order valence-corrected chi connectivity index (χ0v) is 20.4. The number of nitrogens with one attached hydrogen (secondary N) is 2. The van der Waals surface area contributed by atoms with Crippen LogP contribution < -0.4 is 10.9 Å². The Balaban J connectivity index is 1.37. The maximum absolute atomic E-state index is 12.7. The number of rotatable bonds is 8. The number of carbonyl (C=O) groups excluding carboxylic acids is 1. The third-order valence-corrected chi connectivity index (χ3v) is 8.58. The second-order valence-corrected chi connectivity index (χ2v) is 11.9. The molecule has 0 saturated heterocycles. The second-order valence-electron chi connectivity index (χ2n) is 8.31. The number of halogens is 1. The molecule has 8 nitrogen and oxygen atoms in total. The van der Waals surface area contributed by atoms with Crippen LogP contribution in [-0.4, -0.2) is 42.4 Å². The number of sulfone groups is 1. The molecule has 2 aromatic heterocycles. The fourth-order valence-corrected chi connectivity index (χ4v) is 6.36. The van der Waals surface area contributed by atoms with Gasteiger partial charge in [-0.25, -0.2) is 13.4 Å². The lowest BCUT2D eigenvalue weighted by Crippen LogP contribution is -2.27. The molecule has 2 N–H and O–H groups in total. The third kappa shape index (κ3) is 5.81. The summed E-state index contributed by atoms with van der Waals surface area (Å²) < 4.78 is 29.2. The number of thiophene rings is 1. The molecule has 1 saturated carbocycles. The van der Waals surface area contributed by atoms with Gasteiger partial charge in [-0.3, -0.25) is 9.59 Å². The van der Waals surface area contributed by atoms with Gasteiger partial charge in [0.1, 0.15) is 14.7 Å². The van der Waals surface area contributed by atoms with E-state index in [2.05, 4.69) is 15.3 Å². The van der Waals surface area contributed by atoms with Crippen LogP contribution in [0, 0.1) is 5.92 Å². The molecule has 33 heavy (non-hydrogen) atoms. The van der Waals surface area contributed by atoms with Gasteiger partial charge in [-0.1, -0.05) is 23.7 Å². The van der Waals surface area contributed by atoms with Gasteiger partial charge >= 0.3 is 0 Å². The van der Waals surface area contributed by atoms with Crippen molar-refractivity contribution in [3.63, 3.8) is 0 Å². The minimum Gasteiger partial charge on any atom is -0.376 e. The molecule has 0 spiro atoms. The molecule has 11 heteroatoms. The van der Waals surface area contributed by atoms with Crippen LogP contribution in [0.3, 0.4) is 0 Å². The van der Waals surface area contributed by atoms with Gasteiger partial charge in [0.2, 0.25) is 5.82 Å². The molecule has 2 heterocycles. The highest BCUT2D eigenvalue weighted by Gasteiger charge is 2.31. The first kappa shape index (κ1) is 23.9. The highest BCUT2D eigenvalue weighted by Crippen LogP contribution is 2.31. The Bertz CT molecular complexity index is 1340. The maximum Gasteiger partial charge on any atom is 0.287 e. The summed E-state index contributed by atoms with van der Waals surface area (Å²) in [7, 11) is -3.02. The first-order valence-corrected chi connectivity index (χ1v) is 13.7. The van der Waals surface area contributed by atoms with E-state index >= 15 is 0 Å². The average Bonchev–Trinajstić information content (AvgIpc) is 3.40. The van der Waals surface area contributed by atoms with Crippen LogP contribution in [-0.2, 0) is 27.7 Å². The second kappa shape index (κ2) is 9.92. The maximum atomic E-state index is 12.7. The topological polar surface area (TPSA) is 118 Å². The van der Waals surface area contributed by atoms with Gasteiger partial charge in [-0.2, -0.15) is 0 Å². The SMILES string of the molecule is CS(=O)(=O)C1CCC(COCc2csc3nc(C(=O)NCc4cccc(Cl)c4)[nH]c(=O)c23)C1. The predicted molar refractivity (Wildman–Crippen MR) is 128 cm³/mol. The molecule has 4 rings (SSSR count). The predicted octanol–water partition coefficient (Wildman–Crippen LogP) is 3.30. The van der Waals surface area contributed by atoms with E-state index in [-0.39, 0.29) is 30.1 Å². The first-order chi connectivity index (χ1) is 15.7. The summed E-state index contributed by atoms with van der Waals surface area (Å²) >= 11 is 7.23. The van der Waals surface area contributed by atoms with E-state index in [1.165, 1.54) is 17.6 Å². The molecule has 1 amide bonds. The molecule has 2 atom stereocenters. The summed E-state index contributed by atoms with van der Waals surface area (Å²) in [4.78, 5) is 32.5. The average molecular weight is 510 g/mol. The van der Waals surface area contributed by atoms with Crippen LogP contribution in [0.2, 0.25) is 5.02 Å². The summed E-state index contributed by atoms with van der Waals surface area (Å²) in [6.45, 7) is 0.926. The molecule has 176 valence electrons. The van der Waals surface area contributed by atoms with Gasteiger partial charge in [0.15, 0.2) is 0 Å². The van der Waals surface area contributed by atoms with Gasteiger partial charge < -0.3 is 15.0 Å². The minimum atomic E-state index is -3.02. The Kier molecular flexibility index (Phi) is 7.18. The highest BCUT2D eigenvalue weighted by molar-refractivity contribution is 7.91. The normalized spacial score (nSPS) is 18.6. The lowest BCUT2D eigenvalue weighted by atomic mass is 10.1. The monoisotopic (exact) mass is 509 g/mol. The van der Waals surface area contributed by atoms with Crippen LogP contribution in [0.1, 0.15) is 41.0 Å². The van der Waals surface area contributed by atoms with Crippen molar-refractivity contribution in [2.75, 3.05) is 12.9 Å². The van der Waals surface area contributed by atoms with Crippen molar-refractivity contribution >= 4 is 48.9 Å². The molecule has 1 fully saturated rings. The molecule has 3 aromatic rings. The van der Waals surface area contributed by atoms with Gasteiger partial charge in [0, 0.05) is 30.0 Å². The quantitative estimate of drug-likeness (QED) is 0.481. The van der Waals surface area contributed by atoms with Crippen molar-refractivity contribution in [1.82, 2.24) is 15.3 Å². The molecular formula is C22H24ClN3O5S2. The van der Waals surface area contributed by atoms with E-state index in [0.717, 1.165) is 12.0 Å². The number of benzene rings is 1. The summed E-state index contributed by atoms with van der Waals surface area (Å²) in [5.74, 6) is -0.343. The van der Waals surface area contributed by atoms with E-state index in [4.69, 9.17) is 16.3 Å². The molecule has 0 radical (unpaired) electrons. The lowest BCUT2D eigenvalue weighted by Gasteiger charge is -2.11. The highest BCUT2D eigenvalue weighted by atomic mass is 35.5. The number of carbonyl (C=O) groups is 1. The minimum absolute atomic E-state index is 0.0541. The molecule has 0 bridgehead atoms. The standard InChI is InChI=1S/C22H24ClN3O5S2/c1-33(29,30)17-6-5-14(8-17)10-31-11-15-12-32-22-18(15)20(27)25-19(26-22)21(28)24-9-13-3-2-4-16(23)7-13/h2-4,7,12,14,17H,5-6,8-11H2,1H3,(H,24,28)(H,25,26,27). The van der Waals surface area contributed by atoms with Gasteiger partial charge in [-0.15, -0.1) is 11.3 Å². The van der Waals surface area contributed by atoms with Crippen molar-refractivity contribution < 1.29 is 17.9 Å². The van der Waals surface area contributed by atoms with Crippen LogP contribution in [0.15, 0.2) is 34.4 Å². The number of hydrogen-bond acceptors (Lipinski definition) is 7. The number of aromatic nitrogens is 2. The first-order valence-electron chi connectivity index (χ1n) is 10.5. The van der Waals surface area contributed by atoms with Crippen LogP contribution in [0.25, 0.3) is 10.2 Å². The number of hydrogen-bond donors (Lipinski definition) is 2. The Hall–Kier alpha value is -2.27. The van der Waals surface area contributed by atoms with E-state index in [0.29, 0.717) is 40.3 Å². The zero-order chi connectivity index (χ0) is 23.6. The summed E-state index contributed by atoms with van der Waals surface area (Å²) in [5, 5.41) is 5.22. The molecule has 2 unspecified atom stereocenters. The van der Waals surface area contributed by atoms with E-state index in [1.807, 2.05) is 6.07 Å². The summed E-state index contributed by atoms with van der Waals surface area (Å²) in [6.07, 6.45) is 3.38. The fraction of sp³-hybridized carbons (Fsp3) is 0.409. The number of fused-ring (bicyclic) bond motifs is 1. The molecule has 1 aromatic carbocycles. The van der Waals surface area contributed by atoms with Gasteiger partial charge in [-0.05, 0) is 48.3 Å². The van der Waals surface area contributed by atoms with E-state index in [1.54, 1.807) is 23.6 Å². The molecule has 1 aliphatic rings. The van der Waals surface area contributed by atoms with E-state index < -0.39 is 21.3 Å². The van der Waals surface area contributed by atoms with Crippen molar-refractivity contribution in [3.05, 3.63) is 62.0 Å². The van der Waals surface area contributed by atoms with Crippen molar-refractivity contribution in [1.29, 1.82) is 0 Å². The van der Waals surface area contributed by atoms with Crippen LogP contribution >= 0.6 is 22.9 Å². The van der Waals surface area contributed by atoms with Crippen LogP contribution in [0.4, 0.5) is 0 Å². The van der Waals surface area contributed by atoms with Crippen molar-refractivity contribution in [2.45, 2.75) is 37.7 Å². The number of ether oxygens (including phenoxy) is 1. The largest absolute Gasteiger partial charge is 0.376 e. The van der Waals surface area contributed by atoms with Crippen LogP contribution in [0.5, 0.6) is 0 Å². The van der Waals surface area contributed by atoms with E-state index in [9.17, 15) is 18.0 Å². The smallest absolute Gasteiger partial charge is 0.287 e. The van der Waals surface area contributed by atoms with Crippen molar-refractivity contribution in [3.8, 4) is 0 Å². The van der Waals surface area contributed by atoms with Gasteiger partial charge in [0.05, 0.1) is 17.2 Å². The number of aromatic amines is 1. The molecule has 0 aliphatic heterocycles. The van der Waals surface area contributed by atoms with Crippen molar-refractivity contribution in [2.24, 2.45) is 5.92 Å². The number of amides is 1. The molecular weight excluding hydrogens is 486 g/mol. The molecule has 1 aliphatic carbocycles. The zero-order valence-electron chi connectivity index (χ0n) is 18.0. The number of nitrogens with zero attached hydrogens (tertiary/aromatic N) is 1. The third-order valence-electron chi connectivity index (χ3n) is 5.79. The Morgan fingerprint density at radius 3 is 2.91 bits per heavy atom. The Morgan fingerprint density at radius 1 is 1.36 bits per heavy atom. The fourth-order valence-electron chi connectivity index (χ4n) is 4.04. The summed E-state index contributed by atoms with van der Waals surface area (Å²) in [6, 6.07) is 7.13.